The average molecular weight is 260 g/mol. The zero-order valence-corrected chi connectivity index (χ0v) is 11.1. The van der Waals surface area contributed by atoms with E-state index in [0.29, 0.717) is 12.0 Å². The van der Waals surface area contributed by atoms with Crippen molar-refractivity contribution < 1.29 is 9.13 Å². The minimum absolute atomic E-state index is 0.243. The predicted molar refractivity (Wildman–Crippen MR) is 72.6 cm³/mol. The Morgan fingerprint density at radius 1 is 1.37 bits per heavy atom. The summed E-state index contributed by atoms with van der Waals surface area (Å²) in [6.07, 6.45) is 3.87. The van der Waals surface area contributed by atoms with Crippen LogP contribution in [0.2, 0.25) is 0 Å². The molecular weight excluding hydrogens is 243 g/mol. The van der Waals surface area contributed by atoms with E-state index in [-0.39, 0.29) is 17.6 Å². The molecule has 0 aliphatic carbocycles. The molecule has 100 valence electrons. The second-order valence-electron chi connectivity index (χ2n) is 4.48. The largest absolute Gasteiger partial charge is 0.494 e. The number of methoxy groups -OCH3 is 1. The van der Waals surface area contributed by atoms with Gasteiger partial charge < -0.3 is 10.5 Å². The molecule has 0 amide bonds. The molecule has 4 heteroatoms. The van der Waals surface area contributed by atoms with E-state index in [1.54, 1.807) is 30.6 Å². The summed E-state index contributed by atoms with van der Waals surface area (Å²) < 4.78 is 19.0. The summed E-state index contributed by atoms with van der Waals surface area (Å²) in [5.41, 5.74) is 8.69. The highest BCUT2D eigenvalue weighted by atomic mass is 19.1. The standard InChI is InChI=1S/C15H17FN2O/c1-10-6-7-18-9-12(10)13(17)8-11-4-3-5-14(19-2)15(11)16/h3-7,9,13H,8,17H2,1-2H3. The van der Waals surface area contributed by atoms with Gasteiger partial charge in [-0.05, 0) is 42.2 Å². The number of hydrogen-bond acceptors (Lipinski definition) is 3. The molecule has 0 bridgehead atoms. The molecule has 19 heavy (non-hydrogen) atoms. The first-order valence-corrected chi connectivity index (χ1v) is 6.11. The van der Waals surface area contributed by atoms with Crippen LogP contribution in [0.25, 0.3) is 0 Å². The van der Waals surface area contributed by atoms with Crippen LogP contribution in [0, 0.1) is 12.7 Å². The quantitative estimate of drug-likeness (QED) is 0.919. The fraction of sp³-hybridized carbons (Fsp3) is 0.267. The molecule has 0 spiro atoms. The Morgan fingerprint density at radius 3 is 2.84 bits per heavy atom. The Bertz CT molecular complexity index is 572. The van der Waals surface area contributed by atoms with Crippen molar-refractivity contribution in [2.24, 2.45) is 5.73 Å². The van der Waals surface area contributed by atoms with Crippen molar-refractivity contribution in [1.29, 1.82) is 0 Å². The minimum Gasteiger partial charge on any atom is -0.494 e. The maximum absolute atomic E-state index is 14.1. The summed E-state index contributed by atoms with van der Waals surface area (Å²) >= 11 is 0. The van der Waals surface area contributed by atoms with Crippen molar-refractivity contribution in [3.63, 3.8) is 0 Å². The van der Waals surface area contributed by atoms with Crippen LogP contribution in [0.3, 0.4) is 0 Å². The number of pyridine rings is 1. The van der Waals surface area contributed by atoms with Gasteiger partial charge in [0.25, 0.3) is 0 Å². The number of halogens is 1. The number of nitrogens with zero attached hydrogens (tertiary/aromatic N) is 1. The lowest BCUT2D eigenvalue weighted by atomic mass is 9.97. The monoisotopic (exact) mass is 260 g/mol. The molecule has 0 aliphatic rings. The molecule has 0 aliphatic heterocycles. The lowest BCUT2D eigenvalue weighted by molar-refractivity contribution is 0.383. The molecule has 0 saturated heterocycles. The van der Waals surface area contributed by atoms with E-state index in [1.165, 1.54) is 7.11 Å². The van der Waals surface area contributed by atoms with Crippen molar-refractivity contribution in [2.45, 2.75) is 19.4 Å². The van der Waals surface area contributed by atoms with E-state index in [0.717, 1.165) is 11.1 Å². The normalized spacial score (nSPS) is 12.2. The van der Waals surface area contributed by atoms with Gasteiger partial charge in [-0.25, -0.2) is 4.39 Å². The Hall–Kier alpha value is -1.94. The van der Waals surface area contributed by atoms with Crippen LogP contribution in [0.5, 0.6) is 5.75 Å². The van der Waals surface area contributed by atoms with Gasteiger partial charge in [-0.15, -0.1) is 0 Å². The maximum atomic E-state index is 14.1. The number of hydrogen-bond donors (Lipinski definition) is 1. The number of aromatic nitrogens is 1. The first kappa shape index (κ1) is 13.5. The summed E-state index contributed by atoms with van der Waals surface area (Å²) in [6.45, 7) is 1.97. The highest BCUT2D eigenvalue weighted by Gasteiger charge is 2.14. The van der Waals surface area contributed by atoms with Crippen molar-refractivity contribution in [3.8, 4) is 5.75 Å². The molecule has 1 unspecified atom stereocenters. The Morgan fingerprint density at radius 2 is 2.16 bits per heavy atom. The van der Waals surface area contributed by atoms with Gasteiger partial charge in [-0.3, -0.25) is 4.98 Å². The number of nitrogens with two attached hydrogens (primary N) is 1. The Labute approximate surface area is 112 Å². The van der Waals surface area contributed by atoms with Crippen LogP contribution >= 0.6 is 0 Å². The van der Waals surface area contributed by atoms with Gasteiger partial charge in [0.05, 0.1) is 7.11 Å². The maximum Gasteiger partial charge on any atom is 0.168 e. The molecule has 0 fully saturated rings. The van der Waals surface area contributed by atoms with Crippen LogP contribution in [0.4, 0.5) is 4.39 Å². The molecule has 1 aromatic heterocycles. The molecule has 0 radical (unpaired) electrons. The highest BCUT2D eigenvalue weighted by Crippen LogP contribution is 2.24. The SMILES string of the molecule is COc1cccc(CC(N)c2cnccc2C)c1F. The zero-order chi connectivity index (χ0) is 13.8. The first-order chi connectivity index (χ1) is 9.13. The second kappa shape index (κ2) is 5.80. The van der Waals surface area contributed by atoms with Gasteiger partial charge in [0, 0.05) is 18.4 Å². The third-order valence-electron chi connectivity index (χ3n) is 3.18. The van der Waals surface area contributed by atoms with Crippen LogP contribution in [0.1, 0.15) is 22.7 Å². The summed E-state index contributed by atoms with van der Waals surface area (Å²) in [4.78, 5) is 4.07. The van der Waals surface area contributed by atoms with Gasteiger partial charge in [0.1, 0.15) is 0 Å². The summed E-state index contributed by atoms with van der Waals surface area (Å²) in [5, 5.41) is 0. The van der Waals surface area contributed by atoms with Crippen LogP contribution in [-0.2, 0) is 6.42 Å². The molecule has 2 rings (SSSR count). The van der Waals surface area contributed by atoms with E-state index in [9.17, 15) is 4.39 Å². The number of rotatable bonds is 4. The summed E-state index contributed by atoms with van der Waals surface area (Å²) in [5.74, 6) is -0.102. The molecule has 2 N–H and O–H groups in total. The molecule has 0 saturated carbocycles. The van der Waals surface area contributed by atoms with Crippen molar-refractivity contribution in [3.05, 3.63) is 59.2 Å². The molecule has 1 aromatic carbocycles. The number of benzene rings is 1. The molecule has 1 atom stereocenters. The smallest absolute Gasteiger partial charge is 0.168 e. The van der Waals surface area contributed by atoms with Gasteiger partial charge in [0.2, 0.25) is 0 Å². The minimum atomic E-state index is -0.345. The third kappa shape index (κ3) is 2.90. The van der Waals surface area contributed by atoms with Crippen molar-refractivity contribution in [1.82, 2.24) is 4.98 Å². The molecular formula is C15H17FN2O. The Balaban J connectivity index is 2.24. The fourth-order valence-corrected chi connectivity index (χ4v) is 2.08. The summed E-state index contributed by atoms with van der Waals surface area (Å²) in [7, 11) is 1.45. The first-order valence-electron chi connectivity index (χ1n) is 6.11. The van der Waals surface area contributed by atoms with Gasteiger partial charge in [-0.2, -0.15) is 0 Å². The lowest BCUT2D eigenvalue weighted by Crippen LogP contribution is -2.15. The lowest BCUT2D eigenvalue weighted by Gasteiger charge is -2.15. The Kier molecular flexibility index (Phi) is 4.12. The van der Waals surface area contributed by atoms with E-state index in [4.69, 9.17) is 10.5 Å². The molecule has 2 aromatic rings. The van der Waals surface area contributed by atoms with Crippen LogP contribution < -0.4 is 10.5 Å². The molecule has 3 nitrogen and oxygen atoms in total. The van der Waals surface area contributed by atoms with Gasteiger partial charge >= 0.3 is 0 Å². The topological polar surface area (TPSA) is 48.1 Å². The average Bonchev–Trinajstić information content (AvgIpc) is 2.41. The van der Waals surface area contributed by atoms with E-state index < -0.39 is 0 Å². The van der Waals surface area contributed by atoms with Gasteiger partial charge in [0.15, 0.2) is 11.6 Å². The number of aryl methyl sites for hydroxylation is 1. The summed E-state index contributed by atoms with van der Waals surface area (Å²) in [6, 6.07) is 6.70. The third-order valence-corrected chi connectivity index (χ3v) is 3.18. The zero-order valence-electron chi connectivity index (χ0n) is 11.1. The van der Waals surface area contributed by atoms with Crippen molar-refractivity contribution in [2.75, 3.05) is 7.11 Å². The van der Waals surface area contributed by atoms with Crippen LogP contribution in [-0.4, -0.2) is 12.1 Å². The van der Waals surface area contributed by atoms with E-state index in [2.05, 4.69) is 4.98 Å². The van der Waals surface area contributed by atoms with Crippen molar-refractivity contribution >= 4 is 0 Å². The van der Waals surface area contributed by atoms with Gasteiger partial charge in [-0.1, -0.05) is 12.1 Å². The fourth-order valence-electron chi connectivity index (χ4n) is 2.08. The number of ether oxygens (including phenoxy) is 1. The van der Waals surface area contributed by atoms with Crippen LogP contribution in [0.15, 0.2) is 36.7 Å². The highest BCUT2D eigenvalue weighted by molar-refractivity contribution is 5.33. The predicted octanol–water partition coefficient (Wildman–Crippen LogP) is 2.78. The van der Waals surface area contributed by atoms with E-state index >= 15 is 0 Å². The van der Waals surface area contributed by atoms with E-state index in [1.807, 2.05) is 13.0 Å². The second-order valence-corrected chi connectivity index (χ2v) is 4.48. The molecule has 1 heterocycles.